The number of hydrogen-bond donors (Lipinski definition) is 4. The lowest BCUT2D eigenvalue weighted by atomic mass is 10.0. The summed E-state index contributed by atoms with van der Waals surface area (Å²) < 4.78 is 15.8. The highest BCUT2D eigenvalue weighted by atomic mass is 19.1. The Morgan fingerprint density at radius 3 is 2.59 bits per heavy atom. The molecule has 172 valence electrons. The van der Waals surface area contributed by atoms with E-state index in [0.29, 0.717) is 24.2 Å². The molecule has 0 unspecified atom stereocenters. The molecular formula is C23H30FN5O3. The zero-order valence-corrected chi connectivity index (χ0v) is 18.8. The van der Waals surface area contributed by atoms with E-state index in [1.807, 2.05) is 24.4 Å². The molecule has 3 rings (SSSR count). The second kappa shape index (κ2) is 9.22. The van der Waals surface area contributed by atoms with Crippen LogP contribution in [-0.2, 0) is 0 Å². The molecule has 0 spiro atoms. The Balaban J connectivity index is 1.95. The second-order valence-electron chi connectivity index (χ2n) is 9.05. The first kappa shape index (κ1) is 23.6. The van der Waals surface area contributed by atoms with Crippen LogP contribution in [0, 0.1) is 0 Å². The van der Waals surface area contributed by atoms with Crippen molar-refractivity contribution in [2.75, 3.05) is 18.4 Å². The summed E-state index contributed by atoms with van der Waals surface area (Å²) in [5.74, 6) is -0.512. The minimum atomic E-state index is -1.62. The number of halogens is 1. The summed E-state index contributed by atoms with van der Waals surface area (Å²) in [6.07, 6.45) is 5.50. The van der Waals surface area contributed by atoms with Gasteiger partial charge in [-0.15, -0.1) is 0 Å². The van der Waals surface area contributed by atoms with E-state index >= 15 is 0 Å². The third-order valence-corrected chi connectivity index (χ3v) is 5.12. The minimum Gasteiger partial charge on any atom is -0.390 e. The summed E-state index contributed by atoms with van der Waals surface area (Å²) >= 11 is 0. The molecule has 0 aliphatic rings. The molecule has 0 bridgehead atoms. The third-order valence-electron chi connectivity index (χ3n) is 5.12. The van der Waals surface area contributed by atoms with E-state index in [1.165, 1.54) is 20.0 Å². The first-order chi connectivity index (χ1) is 15.0. The van der Waals surface area contributed by atoms with Gasteiger partial charge < -0.3 is 20.8 Å². The van der Waals surface area contributed by atoms with Gasteiger partial charge in [-0.1, -0.05) is 6.07 Å². The first-order valence-corrected chi connectivity index (χ1v) is 10.5. The molecule has 4 N–H and O–H groups in total. The number of hydrogen-bond acceptors (Lipinski definition) is 6. The summed E-state index contributed by atoms with van der Waals surface area (Å²) in [5, 5.41) is 30.0. The molecule has 0 saturated heterocycles. The zero-order valence-electron chi connectivity index (χ0n) is 18.8. The Kier molecular flexibility index (Phi) is 6.80. The van der Waals surface area contributed by atoms with E-state index in [9.17, 15) is 19.4 Å². The highest BCUT2D eigenvalue weighted by molar-refractivity contribution is 6.03. The summed E-state index contributed by atoms with van der Waals surface area (Å²) in [7, 11) is 0. The Morgan fingerprint density at radius 1 is 1.22 bits per heavy atom. The highest BCUT2D eigenvalue weighted by Gasteiger charge is 2.27. The molecule has 0 aromatic carbocycles. The van der Waals surface area contributed by atoms with Crippen LogP contribution < -0.4 is 10.6 Å². The highest BCUT2D eigenvalue weighted by Crippen LogP contribution is 2.28. The van der Waals surface area contributed by atoms with Crippen molar-refractivity contribution in [3.05, 3.63) is 48.5 Å². The molecule has 1 amide bonds. The number of alkyl halides is 1. The quantitative estimate of drug-likeness (QED) is 0.405. The number of carbonyl (C=O) groups is 1. The van der Waals surface area contributed by atoms with E-state index in [-0.39, 0.29) is 12.1 Å². The van der Waals surface area contributed by atoms with E-state index in [4.69, 9.17) is 0 Å². The molecule has 0 saturated carbocycles. The van der Waals surface area contributed by atoms with Gasteiger partial charge >= 0.3 is 0 Å². The van der Waals surface area contributed by atoms with Crippen molar-refractivity contribution in [1.82, 2.24) is 19.9 Å². The van der Waals surface area contributed by atoms with E-state index in [1.54, 1.807) is 30.8 Å². The van der Waals surface area contributed by atoms with Crippen molar-refractivity contribution in [3.8, 4) is 11.1 Å². The summed E-state index contributed by atoms with van der Waals surface area (Å²) in [4.78, 5) is 17.0. The molecule has 0 aliphatic carbocycles. The summed E-state index contributed by atoms with van der Waals surface area (Å²) in [6.45, 7) is 6.19. The predicted molar refractivity (Wildman–Crippen MR) is 121 cm³/mol. The average Bonchev–Trinajstić information content (AvgIpc) is 3.15. The van der Waals surface area contributed by atoms with Gasteiger partial charge in [0, 0.05) is 36.3 Å². The number of amides is 1. The van der Waals surface area contributed by atoms with Crippen molar-refractivity contribution in [2.45, 2.75) is 51.5 Å². The molecule has 3 heterocycles. The number of aromatic nitrogens is 3. The number of carbonyl (C=O) groups excluding carboxylic acids is 1. The average molecular weight is 444 g/mol. The molecule has 8 nitrogen and oxygen atoms in total. The second-order valence-corrected chi connectivity index (χ2v) is 9.05. The normalized spacial score (nSPS) is 13.2. The van der Waals surface area contributed by atoms with E-state index in [0.717, 1.165) is 11.1 Å². The molecule has 0 aliphatic heterocycles. The molecule has 32 heavy (non-hydrogen) atoms. The van der Waals surface area contributed by atoms with Crippen LogP contribution in [0.2, 0.25) is 0 Å². The number of anilines is 1. The molecular weight excluding hydrogens is 413 g/mol. The predicted octanol–water partition coefficient (Wildman–Crippen LogP) is 2.81. The van der Waals surface area contributed by atoms with Crippen molar-refractivity contribution >= 4 is 17.1 Å². The molecule has 0 radical (unpaired) electrons. The number of aliphatic hydroxyl groups is 2. The monoisotopic (exact) mass is 443 g/mol. The van der Waals surface area contributed by atoms with Gasteiger partial charge in [-0.05, 0) is 46.2 Å². The van der Waals surface area contributed by atoms with Gasteiger partial charge in [0.15, 0.2) is 0 Å². The van der Waals surface area contributed by atoms with Crippen LogP contribution in [0.25, 0.3) is 16.6 Å². The third kappa shape index (κ3) is 5.80. The van der Waals surface area contributed by atoms with Gasteiger partial charge in [0.25, 0.3) is 5.91 Å². The van der Waals surface area contributed by atoms with Crippen molar-refractivity contribution in [2.24, 2.45) is 0 Å². The Bertz CT molecular complexity index is 1070. The van der Waals surface area contributed by atoms with Crippen LogP contribution in [0.3, 0.4) is 0 Å². The van der Waals surface area contributed by atoms with E-state index < -0.39 is 23.3 Å². The lowest BCUT2D eigenvalue weighted by molar-refractivity contribution is -0.00177. The van der Waals surface area contributed by atoms with Gasteiger partial charge in [-0.3, -0.25) is 9.78 Å². The fourth-order valence-electron chi connectivity index (χ4n) is 3.13. The number of nitrogens with zero attached hydrogens (tertiary/aromatic N) is 3. The maximum atomic E-state index is 14.1. The fourth-order valence-corrected chi connectivity index (χ4v) is 3.13. The maximum absolute atomic E-state index is 14.1. The van der Waals surface area contributed by atoms with Gasteiger partial charge in [-0.2, -0.15) is 5.10 Å². The van der Waals surface area contributed by atoms with Crippen molar-refractivity contribution in [3.63, 3.8) is 0 Å². The Hall–Kier alpha value is -3.04. The van der Waals surface area contributed by atoms with Gasteiger partial charge in [0.2, 0.25) is 0 Å². The van der Waals surface area contributed by atoms with Gasteiger partial charge in [0.1, 0.15) is 6.17 Å². The minimum absolute atomic E-state index is 0.243. The Labute approximate surface area is 186 Å². The van der Waals surface area contributed by atoms with Crippen LogP contribution in [0.5, 0.6) is 0 Å². The van der Waals surface area contributed by atoms with Crippen molar-refractivity contribution in [1.29, 1.82) is 0 Å². The number of rotatable bonds is 9. The van der Waals surface area contributed by atoms with Gasteiger partial charge in [0.05, 0.1) is 40.7 Å². The summed E-state index contributed by atoms with van der Waals surface area (Å²) in [5.41, 5.74) is 0.754. The number of fused-ring (bicyclic) bond motifs is 1. The van der Waals surface area contributed by atoms with Crippen LogP contribution in [0.4, 0.5) is 10.1 Å². The van der Waals surface area contributed by atoms with Gasteiger partial charge in [-0.25, -0.2) is 8.91 Å². The van der Waals surface area contributed by atoms with Crippen molar-refractivity contribution < 1.29 is 19.4 Å². The zero-order chi connectivity index (χ0) is 23.5. The van der Waals surface area contributed by atoms with Crippen LogP contribution in [-0.4, -0.2) is 61.2 Å². The first-order valence-electron chi connectivity index (χ1n) is 10.5. The largest absolute Gasteiger partial charge is 0.390 e. The molecule has 3 aromatic heterocycles. The number of nitrogens with one attached hydrogen (secondary N) is 2. The van der Waals surface area contributed by atoms with E-state index in [2.05, 4.69) is 20.7 Å². The van der Waals surface area contributed by atoms with Crippen LogP contribution in [0.15, 0.2) is 43.0 Å². The lowest BCUT2D eigenvalue weighted by Crippen LogP contribution is -2.42. The smallest absolute Gasteiger partial charge is 0.255 e. The maximum Gasteiger partial charge on any atom is 0.255 e. The molecule has 1 atom stereocenters. The molecule has 0 fully saturated rings. The fraction of sp³-hybridized carbons (Fsp3) is 0.435. The topological polar surface area (TPSA) is 112 Å². The standard InChI is InChI=1S/C23H30FN5O3/c1-22(2,31)7-9-26-20-17(21(30)27-13-19(24)23(3,4)32)12-28-29-14-16(10-18(20)29)15-6-5-8-25-11-15/h5-6,8,10-12,14,19,26,31-32H,7,9,13H2,1-4H3,(H,27,30)/t19-/m1/s1. The summed E-state index contributed by atoms with van der Waals surface area (Å²) in [6, 6.07) is 5.65. The SMILES string of the molecule is CC(C)(O)CCNc1c(C(=O)NC[C@@H](F)C(C)(C)O)cnn2cc(-c3cccnc3)cc12. The number of pyridine rings is 1. The van der Waals surface area contributed by atoms with Crippen LogP contribution >= 0.6 is 0 Å². The molecule has 9 heteroatoms. The Morgan fingerprint density at radius 2 is 1.97 bits per heavy atom. The lowest BCUT2D eigenvalue weighted by Gasteiger charge is -2.23. The van der Waals surface area contributed by atoms with Crippen LogP contribution in [0.1, 0.15) is 44.5 Å². The molecule has 3 aromatic rings.